The van der Waals surface area contributed by atoms with E-state index in [4.69, 9.17) is 0 Å². The number of nitrogens with one attached hydrogen (secondary N) is 2. The van der Waals surface area contributed by atoms with Crippen LogP contribution in [-0.4, -0.2) is 53.1 Å². The van der Waals surface area contributed by atoms with E-state index >= 15 is 0 Å². The fraction of sp³-hybridized carbons (Fsp3) is 0.320. The molecule has 7 heteroatoms. The SMILES string of the molecule is O=C1NC(=O)C(CO)(CC(=O)N2CCC(c3ccc(C#Cc4ccccc4)cc3)CC2)N1. The molecule has 0 aromatic heterocycles. The second-order valence-electron chi connectivity index (χ2n) is 8.22. The smallest absolute Gasteiger partial charge is 0.322 e. The number of benzene rings is 2. The van der Waals surface area contributed by atoms with Gasteiger partial charge < -0.3 is 15.3 Å². The summed E-state index contributed by atoms with van der Waals surface area (Å²) in [6.07, 6.45) is 1.37. The summed E-state index contributed by atoms with van der Waals surface area (Å²) < 4.78 is 0. The number of aliphatic hydroxyl groups is 1. The maximum atomic E-state index is 12.7. The lowest BCUT2D eigenvalue weighted by molar-refractivity contribution is -0.138. The van der Waals surface area contributed by atoms with Crippen LogP contribution in [0.1, 0.15) is 41.9 Å². The van der Waals surface area contributed by atoms with Gasteiger partial charge in [0.15, 0.2) is 5.54 Å². The minimum Gasteiger partial charge on any atom is -0.393 e. The van der Waals surface area contributed by atoms with E-state index in [9.17, 15) is 19.5 Å². The summed E-state index contributed by atoms with van der Waals surface area (Å²) in [7, 11) is 0. The zero-order valence-corrected chi connectivity index (χ0v) is 17.6. The predicted molar refractivity (Wildman–Crippen MR) is 119 cm³/mol. The van der Waals surface area contributed by atoms with Crippen molar-refractivity contribution in [3.05, 3.63) is 71.3 Å². The van der Waals surface area contributed by atoms with Crippen LogP contribution in [0.25, 0.3) is 0 Å². The van der Waals surface area contributed by atoms with Crippen molar-refractivity contribution in [2.24, 2.45) is 0 Å². The van der Waals surface area contributed by atoms with Crippen molar-refractivity contribution in [1.82, 2.24) is 15.5 Å². The van der Waals surface area contributed by atoms with Crippen molar-refractivity contribution < 1.29 is 19.5 Å². The monoisotopic (exact) mass is 431 g/mol. The molecule has 2 saturated heterocycles. The Hall–Kier alpha value is -3.63. The van der Waals surface area contributed by atoms with Crippen molar-refractivity contribution >= 4 is 17.8 Å². The van der Waals surface area contributed by atoms with Crippen molar-refractivity contribution in [2.45, 2.75) is 30.7 Å². The highest BCUT2D eigenvalue weighted by Gasteiger charge is 2.48. The molecule has 0 radical (unpaired) electrons. The third-order valence-corrected chi connectivity index (χ3v) is 6.09. The van der Waals surface area contributed by atoms with Gasteiger partial charge in [-0.25, -0.2) is 4.79 Å². The molecule has 7 nitrogen and oxygen atoms in total. The van der Waals surface area contributed by atoms with E-state index < -0.39 is 24.1 Å². The van der Waals surface area contributed by atoms with Gasteiger partial charge in [0.1, 0.15) is 0 Å². The number of carbonyl (C=O) groups is 3. The first-order valence-electron chi connectivity index (χ1n) is 10.7. The Balaban J connectivity index is 1.33. The number of likely N-dealkylation sites (tertiary alicyclic amines) is 1. The van der Waals surface area contributed by atoms with Crippen molar-refractivity contribution in [3.63, 3.8) is 0 Å². The molecule has 2 aliphatic heterocycles. The summed E-state index contributed by atoms with van der Waals surface area (Å²) in [4.78, 5) is 37.9. The largest absolute Gasteiger partial charge is 0.393 e. The highest BCUT2D eigenvalue weighted by atomic mass is 16.3. The summed E-state index contributed by atoms with van der Waals surface area (Å²) in [5, 5.41) is 14.1. The highest BCUT2D eigenvalue weighted by molar-refractivity contribution is 6.08. The summed E-state index contributed by atoms with van der Waals surface area (Å²) >= 11 is 0. The van der Waals surface area contributed by atoms with Gasteiger partial charge in [0, 0.05) is 24.2 Å². The number of aliphatic hydroxyl groups excluding tert-OH is 1. The molecule has 0 bridgehead atoms. The molecule has 2 heterocycles. The van der Waals surface area contributed by atoms with E-state index in [1.807, 2.05) is 42.5 Å². The van der Waals surface area contributed by atoms with E-state index in [2.05, 4.69) is 34.6 Å². The Labute approximate surface area is 186 Å². The summed E-state index contributed by atoms with van der Waals surface area (Å²) in [5.74, 6) is 5.76. The minimum absolute atomic E-state index is 0.249. The van der Waals surface area contributed by atoms with Crippen LogP contribution in [0, 0.1) is 11.8 Å². The fourth-order valence-corrected chi connectivity index (χ4v) is 4.16. The lowest BCUT2D eigenvalue weighted by Crippen LogP contribution is -2.54. The van der Waals surface area contributed by atoms with Gasteiger partial charge in [-0.1, -0.05) is 42.2 Å². The van der Waals surface area contributed by atoms with E-state index in [0.29, 0.717) is 19.0 Å². The van der Waals surface area contributed by atoms with Gasteiger partial charge in [-0.05, 0) is 48.6 Å². The molecule has 2 fully saturated rings. The Bertz CT molecular complexity index is 1060. The molecule has 2 aromatic rings. The number of amides is 4. The zero-order valence-electron chi connectivity index (χ0n) is 17.6. The topological polar surface area (TPSA) is 98.7 Å². The molecule has 4 amide bonds. The number of imide groups is 1. The maximum absolute atomic E-state index is 12.7. The van der Waals surface area contributed by atoms with Gasteiger partial charge in [0.2, 0.25) is 5.91 Å². The average Bonchev–Trinajstić information content (AvgIpc) is 3.11. The Morgan fingerprint density at radius 2 is 1.62 bits per heavy atom. The highest BCUT2D eigenvalue weighted by Crippen LogP contribution is 2.29. The number of nitrogens with zero attached hydrogens (tertiary/aromatic N) is 1. The van der Waals surface area contributed by atoms with Crippen LogP contribution < -0.4 is 10.6 Å². The van der Waals surface area contributed by atoms with Crippen LogP contribution in [0.15, 0.2) is 54.6 Å². The number of hydrogen-bond acceptors (Lipinski definition) is 4. The summed E-state index contributed by atoms with van der Waals surface area (Å²) in [6, 6.07) is 17.4. The minimum atomic E-state index is -1.57. The van der Waals surface area contributed by atoms with Crippen LogP contribution >= 0.6 is 0 Å². The van der Waals surface area contributed by atoms with Crippen molar-refractivity contribution in [3.8, 4) is 11.8 Å². The first kappa shape index (κ1) is 21.6. The predicted octanol–water partition coefficient (Wildman–Crippen LogP) is 1.75. The lowest BCUT2D eigenvalue weighted by Gasteiger charge is -2.34. The summed E-state index contributed by atoms with van der Waals surface area (Å²) in [5.41, 5.74) is 1.58. The third kappa shape index (κ3) is 4.66. The van der Waals surface area contributed by atoms with Gasteiger partial charge in [0.25, 0.3) is 5.91 Å². The Kier molecular flexibility index (Phi) is 6.24. The molecule has 2 aliphatic rings. The van der Waals surface area contributed by atoms with Crippen LogP contribution in [-0.2, 0) is 9.59 Å². The normalized spacial score (nSPS) is 20.8. The Morgan fingerprint density at radius 3 is 2.19 bits per heavy atom. The van der Waals surface area contributed by atoms with Gasteiger partial charge in [-0.3, -0.25) is 14.9 Å². The average molecular weight is 431 g/mol. The lowest BCUT2D eigenvalue weighted by atomic mass is 9.88. The van der Waals surface area contributed by atoms with E-state index in [1.165, 1.54) is 5.56 Å². The molecule has 2 aromatic carbocycles. The second-order valence-corrected chi connectivity index (χ2v) is 8.22. The van der Waals surface area contributed by atoms with Crippen LogP contribution in [0.4, 0.5) is 4.79 Å². The van der Waals surface area contributed by atoms with Gasteiger partial charge in [-0.2, -0.15) is 0 Å². The molecule has 1 unspecified atom stereocenters. The molecular weight excluding hydrogens is 406 g/mol. The number of carbonyl (C=O) groups excluding carboxylic acids is 3. The zero-order chi connectivity index (χ0) is 22.6. The van der Waals surface area contributed by atoms with Gasteiger partial charge in [-0.15, -0.1) is 0 Å². The maximum Gasteiger partial charge on any atom is 0.322 e. The Morgan fingerprint density at radius 1 is 1.00 bits per heavy atom. The van der Waals surface area contributed by atoms with E-state index in [1.54, 1.807) is 4.90 Å². The standard InChI is InChI=1S/C25H25N3O4/c29-17-25(23(31)26-24(32)27-25)16-22(30)28-14-12-21(13-15-28)20-10-8-19(9-11-20)7-6-18-4-2-1-3-5-18/h1-5,8-11,21,29H,12-17H2,(H2,26,27,31,32). The van der Waals surface area contributed by atoms with Crippen LogP contribution in [0.2, 0.25) is 0 Å². The first-order valence-corrected chi connectivity index (χ1v) is 10.7. The first-order chi connectivity index (χ1) is 15.5. The van der Waals surface area contributed by atoms with E-state index in [0.717, 1.165) is 24.0 Å². The molecule has 32 heavy (non-hydrogen) atoms. The van der Waals surface area contributed by atoms with Gasteiger partial charge in [0.05, 0.1) is 13.0 Å². The molecule has 4 rings (SSSR count). The third-order valence-electron chi connectivity index (χ3n) is 6.09. The van der Waals surface area contributed by atoms with Crippen molar-refractivity contribution in [1.29, 1.82) is 0 Å². The molecule has 0 saturated carbocycles. The second kappa shape index (κ2) is 9.25. The van der Waals surface area contributed by atoms with Crippen molar-refractivity contribution in [2.75, 3.05) is 19.7 Å². The van der Waals surface area contributed by atoms with Crippen LogP contribution in [0.3, 0.4) is 0 Å². The van der Waals surface area contributed by atoms with Gasteiger partial charge >= 0.3 is 6.03 Å². The molecular formula is C25H25N3O4. The molecule has 3 N–H and O–H groups in total. The number of piperidine rings is 1. The van der Waals surface area contributed by atoms with Crippen LogP contribution in [0.5, 0.6) is 0 Å². The quantitative estimate of drug-likeness (QED) is 0.507. The molecule has 1 atom stereocenters. The number of hydrogen-bond donors (Lipinski definition) is 3. The molecule has 164 valence electrons. The number of rotatable bonds is 4. The number of urea groups is 1. The summed E-state index contributed by atoms with van der Waals surface area (Å²) in [6.45, 7) is 0.512. The van der Waals surface area contributed by atoms with E-state index in [-0.39, 0.29) is 12.3 Å². The molecule has 0 aliphatic carbocycles. The fourth-order valence-electron chi connectivity index (χ4n) is 4.16. The molecule has 0 spiro atoms.